The molecule has 1 aromatic rings. The highest BCUT2D eigenvalue weighted by Gasteiger charge is 2.52. The maximum atomic E-state index is 11.8. The minimum absolute atomic E-state index is 0.0561. The summed E-state index contributed by atoms with van der Waals surface area (Å²) in [7, 11) is 0. The summed E-state index contributed by atoms with van der Waals surface area (Å²) in [5.74, 6) is -0.831. The van der Waals surface area contributed by atoms with Crippen LogP contribution >= 0.6 is 11.8 Å². The molecule has 2 N–H and O–H groups in total. The molecule has 0 bridgehead atoms. The summed E-state index contributed by atoms with van der Waals surface area (Å²) in [6.45, 7) is 0. The Labute approximate surface area is 114 Å². The van der Waals surface area contributed by atoms with Gasteiger partial charge in [-0.15, -0.1) is 0 Å². The van der Waals surface area contributed by atoms with Crippen LogP contribution in [0.1, 0.15) is 32.1 Å². The van der Waals surface area contributed by atoms with Crippen LogP contribution < -0.4 is 11.0 Å². The smallest absolute Gasteiger partial charge is 0.342 e. The Morgan fingerprint density at radius 2 is 2.21 bits per heavy atom. The van der Waals surface area contributed by atoms with E-state index < -0.39 is 10.8 Å². The van der Waals surface area contributed by atoms with Gasteiger partial charge < -0.3 is 5.11 Å². The second-order valence-electron chi connectivity index (χ2n) is 5.01. The molecule has 0 spiro atoms. The molecule has 1 fully saturated rings. The maximum absolute atomic E-state index is 11.8. The molecule has 0 aromatic carbocycles. The first-order chi connectivity index (χ1) is 9.12. The van der Waals surface area contributed by atoms with Gasteiger partial charge in [-0.1, -0.05) is 19.3 Å². The summed E-state index contributed by atoms with van der Waals surface area (Å²) >= 11 is 1.15. The highest BCUT2D eigenvalue weighted by atomic mass is 32.2. The first-order valence-corrected chi connectivity index (χ1v) is 7.24. The third kappa shape index (κ3) is 2.01. The summed E-state index contributed by atoms with van der Waals surface area (Å²) in [6.07, 6.45) is 6.62. The predicted molar refractivity (Wildman–Crippen MR) is 70.7 cm³/mol. The van der Waals surface area contributed by atoms with Gasteiger partial charge in [0.15, 0.2) is 5.16 Å². The van der Waals surface area contributed by atoms with Crippen LogP contribution in [0.3, 0.4) is 0 Å². The molecule has 1 aliphatic heterocycles. The number of rotatable bonds is 2. The van der Waals surface area contributed by atoms with Gasteiger partial charge in [-0.2, -0.15) is 4.98 Å². The van der Waals surface area contributed by atoms with Crippen molar-refractivity contribution < 1.29 is 9.90 Å². The van der Waals surface area contributed by atoms with Gasteiger partial charge >= 0.3 is 5.97 Å². The fourth-order valence-electron chi connectivity index (χ4n) is 2.84. The van der Waals surface area contributed by atoms with E-state index in [4.69, 9.17) is 0 Å². The number of nitrogens with one attached hydrogen (secondary N) is 1. The SMILES string of the molecule is O=C(O)C1(C2CCCCC2)Nn2ccc(=O)nc2S1. The van der Waals surface area contributed by atoms with E-state index in [9.17, 15) is 14.7 Å². The summed E-state index contributed by atoms with van der Waals surface area (Å²) < 4.78 is 1.55. The molecule has 1 atom stereocenters. The molecule has 2 aliphatic rings. The Morgan fingerprint density at radius 3 is 2.89 bits per heavy atom. The lowest BCUT2D eigenvalue weighted by Gasteiger charge is -2.34. The number of aromatic nitrogens is 2. The third-order valence-electron chi connectivity index (χ3n) is 3.81. The van der Waals surface area contributed by atoms with Crippen molar-refractivity contribution in [1.29, 1.82) is 0 Å². The van der Waals surface area contributed by atoms with Gasteiger partial charge in [-0.25, -0.2) is 9.47 Å². The second kappa shape index (κ2) is 4.56. The lowest BCUT2D eigenvalue weighted by Crippen LogP contribution is -2.50. The van der Waals surface area contributed by atoms with Crippen LogP contribution in [0.25, 0.3) is 0 Å². The quantitative estimate of drug-likeness (QED) is 0.794. The van der Waals surface area contributed by atoms with Crippen LogP contribution in [0.5, 0.6) is 0 Å². The van der Waals surface area contributed by atoms with Gasteiger partial charge in [0.2, 0.25) is 4.87 Å². The van der Waals surface area contributed by atoms with Crippen LogP contribution in [0.15, 0.2) is 22.2 Å². The number of thioether (sulfide) groups is 1. The number of hydrogen-bond acceptors (Lipinski definition) is 5. The molecule has 0 radical (unpaired) electrons. The summed E-state index contributed by atoms with van der Waals surface area (Å²) in [6, 6.07) is 1.33. The van der Waals surface area contributed by atoms with E-state index >= 15 is 0 Å². The van der Waals surface area contributed by atoms with Crippen molar-refractivity contribution in [1.82, 2.24) is 9.66 Å². The van der Waals surface area contributed by atoms with Gasteiger partial charge in [0, 0.05) is 18.2 Å². The molecule has 1 aromatic heterocycles. The van der Waals surface area contributed by atoms with Gasteiger partial charge in [0.1, 0.15) is 0 Å². The van der Waals surface area contributed by atoms with Crippen molar-refractivity contribution in [3.05, 3.63) is 22.6 Å². The molecule has 1 unspecified atom stereocenters. The van der Waals surface area contributed by atoms with Crippen LogP contribution in [0.4, 0.5) is 0 Å². The zero-order chi connectivity index (χ0) is 13.5. The molecule has 7 heteroatoms. The average Bonchev–Trinajstić information content (AvgIpc) is 2.79. The molecule has 1 aliphatic carbocycles. The van der Waals surface area contributed by atoms with Crippen molar-refractivity contribution in [2.45, 2.75) is 42.1 Å². The Balaban J connectivity index is 1.96. The van der Waals surface area contributed by atoms with Gasteiger partial charge in [0.25, 0.3) is 5.56 Å². The Morgan fingerprint density at radius 1 is 1.47 bits per heavy atom. The molecular formula is C12H15N3O3S. The third-order valence-corrected chi connectivity index (χ3v) is 5.21. The van der Waals surface area contributed by atoms with Gasteiger partial charge in [0.05, 0.1) is 0 Å². The van der Waals surface area contributed by atoms with Crippen LogP contribution in [-0.2, 0) is 4.79 Å². The number of hydrogen-bond donors (Lipinski definition) is 2. The largest absolute Gasteiger partial charge is 0.479 e. The summed E-state index contributed by atoms with van der Waals surface area (Å²) in [5.41, 5.74) is 2.68. The normalized spacial score (nSPS) is 26.7. The molecule has 3 rings (SSSR count). The van der Waals surface area contributed by atoms with Crippen molar-refractivity contribution >= 4 is 17.7 Å². The highest BCUT2D eigenvalue weighted by molar-refractivity contribution is 8.01. The molecule has 19 heavy (non-hydrogen) atoms. The molecule has 0 saturated heterocycles. The Kier molecular flexibility index (Phi) is 3.00. The first-order valence-electron chi connectivity index (χ1n) is 6.42. The number of nitrogens with zero attached hydrogens (tertiary/aromatic N) is 2. The zero-order valence-corrected chi connectivity index (χ0v) is 11.2. The van der Waals surface area contributed by atoms with E-state index in [-0.39, 0.29) is 11.5 Å². The number of aliphatic carboxylic acids is 1. The Hall–Kier alpha value is -1.50. The zero-order valence-electron chi connectivity index (χ0n) is 10.3. The molecular weight excluding hydrogens is 266 g/mol. The highest BCUT2D eigenvalue weighted by Crippen LogP contribution is 2.46. The van der Waals surface area contributed by atoms with Gasteiger partial charge in [-0.3, -0.25) is 10.2 Å². The van der Waals surface area contributed by atoms with Crippen molar-refractivity contribution in [2.24, 2.45) is 5.92 Å². The minimum atomic E-state index is -1.09. The monoisotopic (exact) mass is 281 g/mol. The van der Waals surface area contributed by atoms with E-state index in [1.165, 1.54) is 12.5 Å². The summed E-state index contributed by atoms with van der Waals surface area (Å²) in [5, 5.41) is 10.1. The fourth-order valence-corrected chi connectivity index (χ4v) is 4.10. The lowest BCUT2D eigenvalue weighted by atomic mass is 9.83. The van der Waals surface area contributed by atoms with Gasteiger partial charge in [-0.05, 0) is 24.6 Å². The van der Waals surface area contributed by atoms with Crippen LogP contribution in [0.2, 0.25) is 0 Å². The number of fused-ring (bicyclic) bond motifs is 1. The molecule has 2 heterocycles. The molecule has 102 valence electrons. The van der Waals surface area contributed by atoms with Crippen molar-refractivity contribution in [3.63, 3.8) is 0 Å². The van der Waals surface area contributed by atoms with E-state index in [0.717, 1.165) is 37.4 Å². The second-order valence-corrected chi connectivity index (χ2v) is 6.22. The summed E-state index contributed by atoms with van der Waals surface area (Å²) in [4.78, 5) is 25.8. The van der Waals surface area contributed by atoms with E-state index in [1.54, 1.807) is 10.9 Å². The van der Waals surface area contributed by atoms with Crippen LogP contribution in [-0.4, -0.2) is 25.6 Å². The maximum Gasteiger partial charge on any atom is 0.342 e. The molecule has 0 amide bonds. The van der Waals surface area contributed by atoms with E-state index in [1.807, 2.05) is 0 Å². The first kappa shape index (κ1) is 12.5. The van der Waals surface area contributed by atoms with Crippen molar-refractivity contribution in [2.75, 3.05) is 5.43 Å². The topological polar surface area (TPSA) is 84.2 Å². The lowest BCUT2D eigenvalue weighted by molar-refractivity contribution is -0.141. The average molecular weight is 281 g/mol. The number of carbonyl (C=O) groups is 1. The van der Waals surface area contributed by atoms with E-state index in [2.05, 4.69) is 10.4 Å². The fraction of sp³-hybridized carbons (Fsp3) is 0.583. The predicted octanol–water partition coefficient (Wildman–Crippen LogP) is 1.25. The number of carboxylic acid groups (broad SMARTS) is 1. The number of carboxylic acids is 1. The van der Waals surface area contributed by atoms with Crippen LogP contribution in [0, 0.1) is 5.92 Å². The van der Waals surface area contributed by atoms with E-state index in [0.29, 0.717) is 5.16 Å². The minimum Gasteiger partial charge on any atom is -0.479 e. The molecule has 6 nitrogen and oxygen atoms in total. The Bertz CT molecular complexity index is 568. The standard InChI is InChI=1S/C12H15N3O3S/c16-9-6-7-15-11(13-9)19-12(14-15,10(17)18)8-4-2-1-3-5-8/h6-8,14H,1-5H2,(H,17,18). The van der Waals surface area contributed by atoms with Crippen molar-refractivity contribution in [3.8, 4) is 0 Å². The molecule has 1 saturated carbocycles.